The number of hydrogen-bond donors (Lipinski definition) is 1. The molecule has 7 nitrogen and oxygen atoms in total. The van der Waals surface area contributed by atoms with Gasteiger partial charge in [-0.1, -0.05) is 12.1 Å². The first-order valence-corrected chi connectivity index (χ1v) is 8.13. The van der Waals surface area contributed by atoms with E-state index in [1.807, 2.05) is 24.3 Å². The van der Waals surface area contributed by atoms with Gasteiger partial charge in [-0.3, -0.25) is 0 Å². The average molecular weight is 364 g/mol. The monoisotopic (exact) mass is 364 g/mol. The second-order valence-corrected chi connectivity index (χ2v) is 6.46. The van der Waals surface area contributed by atoms with Crippen LogP contribution in [0.15, 0.2) is 41.2 Å². The highest BCUT2D eigenvalue weighted by molar-refractivity contribution is 5.84. The van der Waals surface area contributed by atoms with Crippen LogP contribution < -0.4 is 5.32 Å². The highest BCUT2D eigenvalue weighted by atomic mass is 16.7. The minimum absolute atomic E-state index is 0.0241. The number of hydrogen-bond acceptors (Lipinski definition) is 7. The summed E-state index contributed by atoms with van der Waals surface area (Å²) >= 11 is 0. The summed E-state index contributed by atoms with van der Waals surface area (Å²) in [5.41, 5.74) is 1.24. The van der Waals surface area contributed by atoms with E-state index in [1.54, 1.807) is 32.9 Å². The van der Waals surface area contributed by atoms with Crippen LogP contribution in [-0.4, -0.2) is 25.7 Å². The van der Waals surface area contributed by atoms with Crippen LogP contribution >= 0.6 is 0 Å². The van der Waals surface area contributed by atoms with E-state index in [0.29, 0.717) is 5.57 Å². The van der Waals surface area contributed by atoms with Crippen molar-refractivity contribution in [2.45, 2.75) is 32.3 Å². The predicted octanol–water partition coefficient (Wildman–Crippen LogP) is 3.45. The van der Waals surface area contributed by atoms with Crippen LogP contribution in [0.5, 0.6) is 0 Å². The third-order valence-electron chi connectivity index (χ3n) is 4.32. The number of nitriles is 3. The number of benzene rings is 1. The summed E-state index contributed by atoms with van der Waals surface area (Å²) < 4.78 is 16.4. The average Bonchev–Trinajstić information content (AvgIpc) is 2.93. The van der Waals surface area contributed by atoms with E-state index in [0.717, 1.165) is 11.3 Å². The number of methoxy groups -OCH3 is 2. The van der Waals surface area contributed by atoms with Gasteiger partial charge in [0.15, 0.2) is 11.3 Å². The molecule has 0 atom stereocenters. The van der Waals surface area contributed by atoms with Gasteiger partial charge in [-0.25, -0.2) is 0 Å². The van der Waals surface area contributed by atoms with Crippen molar-refractivity contribution in [2.24, 2.45) is 0 Å². The Hall–Kier alpha value is -3.31. The molecule has 1 heterocycles. The summed E-state index contributed by atoms with van der Waals surface area (Å²) in [5, 5.41) is 31.0. The van der Waals surface area contributed by atoms with Crippen molar-refractivity contribution < 1.29 is 14.2 Å². The van der Waals surface area contributed by atoms with Crippen molar-refractivity contribution in [1.82, 2.24) is 0 Å². The Morgan fingerprint density at radius 1 is 1.07 bits per heavy atom. The van der Waals surface area contributed by atoms with Crippen LogP contribution in [-0.2, 0) is 14.2 Å². The molecule has 1 aliphatic rings. The van der Waals surface area contributed by atoms with Crippen molar-refractivity contribution in [1.29, 1.82) is 15.8 Å². The summed E-state index contributed by atoms with van der Waals surface area (Å²) in [7, 11) is 3.06. The van der Waals surface area contributed by atoms with E-state index in [9.17, 15) is 5.26 Å². The smallest absolute Gasteiger partial charge is 0.245 e. The summed E-state index contributed by atoms with van der Waals surface area (Å²) in [6, 6.07) is 12.9. The van der Waals surface area contributed by atoms with E-state index in [4.69, 9.17) is 24.7 Å². The lowest BCUT2D eigenvalue weighted by atomic mass is 9.89. The number of allylic oxidation sites excluding steroid dienone is 2. The molecule has 0 spiro atoms. The second kappa shape index (κ2) is 7.51. The molecule has 27 heavy (non-hydrogen) atoms. The van der Waals surface area contributed by atoms with Gasteiger partial charge in [0.1, 0.15) is 29.4 Å². The maximum absolute atomic E-state index is 9.63. The fraction of sp³-hybridized carbons (Fsp3) is 0.350. The van der Waals surface area contributed by atoms with Crippen LogP contribution in [0.3, 0.4) is 0 Å². The summed E-state index contributed by atoms with van der Waals surface area (Å²) in [6.45, 7) is 5.32. The fourth-order valence-corrected chi connectivity index (χ4v) is 2.84. The van der Waals surface area contributed by atoms with E-state index in [-0.39, 0.29) is 16.9 Å². The number of ether oxygens (including phenoxy) is 3. The van der Waals surface area contributed by atoms with Crippen molar-refractivity contribution in [3.8, 4) is 18.2 Å². The molecular weight excluding hydrogens is 344 g/mol. The first-order valence-electron chi connectivity index (χ1n) is 8.13. The molecule has 2 rings (SSSR count). The fourth-order valence-electron chi connectivity index (χ4n) is 2.84. The molecule has 1 aromatic rings. The number of rotatable bonds is 5. The Bertz CT molecular complexity index is 902. The maximum Gasteiger partial charge on any atom is 0.245 e. The van der Waals surface area contributed by atoms with E-state index < -0.39 is 11.5 Å². The van der Waals surface area contributed by atoms with Gasteiger partial charge in [0.2, 0.25) is 5.91 Å². The third-order valence-corrected chi connectivity index (χ3v) is 4.32. The Morgan fingerprint density at radius 3 is 2.07 bits per heavy atom. The van der Waals surface area contributed by atoms with Gasteiger partial charge in [0.05, 0.1) is 0 Å². The van der Waals surface area contributed by atoms with E-state index >= 15 is 0 Å². The van der Waals surface area contributed by atoms with Gasteiger partial charge in [0, 0.05) is 32.4 Å². The molecule has 0 bridgehead atoms. The van der Waals surface area contributed by atoms with Crippen LogP contribution in [0.25, 0.3) is 5.57 Å². The quantitative estimate of drug-likeness (QED) is 0.629. The Labute approximate surface area is 158 Å². The molecule has 1 aromatic carbocycles. The maximum atomic E-state index is 9.63. The first kappa shape index (κ1) is 20.0. The minimum atomic E-state index is -0.973. The van der Waals surface area contributed by atoms with Crippen molar-refractivity contribution in [3.63, 3.8) is 0 Å². The van der Waals surface area contributed by atoms with Crippen LogP contribution in [0.2, 0.25) is 0 Å². The molecule has 0 radical (unpaired) electrons. The lowest BCUT2D eigenvalue weighted by Gasteiger charge is -2.28. The highest BCUT2D eigenvalue weighted by Gasteiger charge is 2.40. The zero-order valence-corrected chi connectivity index (χ0v) is 15.9. The Kier molecular flexibility index (Phi) is 5.57. The number of nitrogens with zero attached hydrogens (tertiary/aromatic N) is 3. The minimum Gasteiger partial charge on any atom is -0.480 e. The molecule has 0 unspecified atom stereocenters. The lowest BCUT2D eigenvalue weighted by Crippen LogP contribution is -2.38. The predicted molar refractivity (Wildman–Crippen MR) is 98.4 cm³/mol. The molecule has 0 fully saturated rings. The molecule has 0 amide bonds. The number of nitrogens with one attached hydrogen (secondary N) is 1. The summed E-state index contributed by atoms with van der Waals surface area (Å²) in [6.07, 6.45) is 0. The van der Waals surface area contributed by atoms with Gasteiger partial charge >= 0.3 is 0 Å². The zero-order valence-electron chi connectivity index (χ0n) is 15.9. The van der Waals surface area contributed by atoms with Crippen molar-refractivity contribution in [2.75, 3.05) is 19.5 Å². The largest absolute Gasteiger partial charge is 0.480 e. The molecule has 1 aliphatic heterocycles. The number of anilines is 1. The molecule has 1 N–H and O–H groups in total. The van der Waals surface area contributed by atoms with Crippen molar-refractivity contribution in [3.05, 3.63) is 46.7 Å². The molecule has 7 heteroatoms. The standard InChI is InChI=1S/C20H20N4O3/c1-19(2)17(16(12-23)18(27-19)14(10-21)11-22)13-6-8-15(9-7-13)24-20(3,25-4)26-5/h6-9,24H,1-5H3. The van der Waals surface area contributed by atoms with Crippen molar-refractivity contribution >= 4 is 11.3 Å². The van der Waals surface area contributed by atoms with Gasteiger partial charge in [0.25, 0.3) is 0 Å². The molecular formula is C20H20N4O3. The molecule has 0 saturated carbocycles. The summed E-state index contributed by atoms with van der Waals surface area (Å²) in [4.78, 5) is 0. The molecule has 138 valence electrons. The van der Waals surface area contributed by atoms with E-state index in [2.05, 4.69) is 11.4 Å². The topological polar surface area (TPSA) is 111 Å². The highest BCUT2D eigenvalue weighted by Crippen LogP contribution is 2.45. The zero-order chi connectivity index (χ0) is 20.2. The lowest BCUT2D eigenvalue weighted by molar-refractivity contribution is -0.171. The molecule has 0 aliphatic carbocycles. The second-order valence-electron chi connectivity index (χ2n) is 6.46. The van der Waals surface area contributed by atoms with Gasteiger partial charge in [-0.2, -0.15) is 15.8 Å². The van der Waals surface area contributed by atoms with Crippen LogP contribution in [0, 0.1) is 34.0 Å². The molecule has 0 aromatic heterocycles. The van der Waals surface area contributed by atoms with Gasteiger partial charge < -0.3 is 19.5 Å². The van der Waals surface area contributed by atoms with E-state index in [1.165, 1.54) is 14.2 Å². The normalized spacial score (nSPS) is 15.4. The van der Waals surface area contributed by atoms with Crippen LogP contribution in [0.1, 0.15) is 26.3 Å². The SMILES string of the molecule is COC(C)(Nc1ccc(C2=C(C#N)C(=C(C#N)C#N)OC2(C)C)cc1)OC. The first-order chi connectivity index (χ1) is 12.7. The Morgan fingerprint density at radius 2 is 1.63 bits per heavy atom. The van der Waals surface area contributed by atoms with Gasteiger partial charge in [-0.15, -0.1) is 0 Å². The third kappa shape index (κ3) is 3.78. The Balaban J connectivity index is 2.52. The van der Waals surface area contributed by atoms with Gasteiger partial charge in [-0.05, 0) is 31.5 Å². The van der Waals surface area contributed by atoms with Crippen LogP contribution in [0.4, 0.5) is 5.69 Å². The summed E-state index contributed by atoms with van der Waals surface area (Å²) in [5.74, 6) is -0.949. The molecule has 0 saturated heterocycles.